The molecular formula is C34H7F17N4O3. The van der Waals surface area contributed by atoms with Gasteiger partial charge in [-0.3, -0.25) is 0 Å². The number of hydrogen-bond acceptors (Lipinski definition) is 5. The molecule has 2 aliphatic carbocycles. The minimum Gasteiger partial charge on any atom is -0.405 e. The molecule has 0 spiro atoms. The maximum atomic E-state index is 16.0. The maximum Gasteiger partial charge on any atom is 0.573 e. The highest BCUT2D eigenvalue weighted by molar-refractivity contribution is 5.92. The van der Waals surface area contributed by atoms with Gasteiger partial charge in [0.05, 0.1) is 16.7 Å². The average Bonchev–Trinajstić information content (AvgIpc) is 3.64. The number of benzene rings is 3. The van der Waals surface area contributed by atoms with Gasteiger partial charge in [-0.1, -0.05) is 0 Å². The van der Waals surface area contributed by atoms with Gasteiger partial charge in [0.2, 0.25) is 34.8 Å². The standard InChI is InChI=1S/C34H7F17N4O3/c1-8-10(31(54-2)55-3)4-12-14(8)15(18-20(35)24(39)29(25(40)21(18)36)57-33(46,47)48)13-5-11(9(6-52)7-53)28(56-32(43,44)45)17(13)16(12)19-22(37)26(41)30(27(42)23(19)38)58-34(49,50)51/h4-5H2,1H3. The molecule has 0 unspecified atom stereocenters. The van der Waals surface area contributed by atoms with Crippen molar-refractivity contribution in [2.75, 3.05) is 0 Å². The number of allylic oxidation sites excluding steroid dienone is 2. The van der Waals surface area contributed by atoms with Gasteiger partial charge in [0.15, 0.2) is 23.3 Å². The number of hydrogen-bond donors (Lipinski definition) is 0. The van der Waals surface area contributed by atoms with Crippen LogP contribution in [0.2, 0.25) is 0 Å². The van der Waals surface area contributed by atoms with Gasteiger partial charge in [-0.2, -0.15) is 37.8 Å². The van der Waals surface area contributed by atoms with Gasteiger partial charge in [-0.15, -0.1) is 39.5 Å². The molecule has 2 aliphatic rings. The number of alkyl halides is 9. The molecule has 3 aromatic carbocycles. The summed E-state index contributed by atoms with van der Waals surface area (Å²) in [4.78, 5) is 5.72. The quantitative estimate of drug-likeness (QED) is 0.111. The Balaban J connectivity index is 2.24. The van der Waals surface area contributed by atoms with Crippen molar-refractivity contribution in [3.8, 4) is 45.9 Å². The first-order valence-electron chi connectivity index (χ1n) is 14.7. The Labute approximate surface area is 309 Å². The van der Waals surface area contributed by atoms with Crippen molar-refractivity contribution >= 4 is 11.3 Å². The van der Waals surface area contributed by atoms with Gasteiger partial charge in [0, 0.05) is 22.8 Å². The molecule has 0 aromatic heterocycles. The van der Waals surface area contributed by atoms with Crippen LogP contribution < -0.4 is 19.9 Å². The number of halogens is 17. The highest BCUT2D eigenvalue weighted by Crippen LogP contribution is 2.46. The number of rotatable bonds is 5. The van der Waals surface area contributed by atoms with E-state index < -0.39 is 168 Å². The van der Waals surface area contributed by atoms with E-state index in [2.05, 4.69) is 23.9 Å². The van der Waals surface area contributed by atoms with Crippen molar-refractivity contribution in [3.05, 3.63) is 113 Å². The van der Waals surface area contributed by atoms with Gasteiger partial charge < -0.3 is 14.2 Å². The van der Waals surface area contributed by atoms with Gasteiger partial charge >= 0.3 is 24.9 Å². The number of fused-ring (bicyclic) bond motifs is 2. The molecule has 7 nitrogen and oxygen atoms in total. The molecule has 0 radical (unpaired) electrons. The van der Waals surface area contributed by atoms with Crippen LogP contribution in [0.1, 0.15) is 18.1 Å². The first-order valence-corrected chi connectivity index (χ1v) is 14.7. The molecule has 0 saturated carbocycles. The van der Waals surface area contributed by atoms with Crippen LogP contribution in [-0.4, -0.2) is 19.1 Å². The van der Waals surface area contributed by atoms with Crippen LogP contribution in [0.3, 0.4) is 0 Å². The summed E-state index contributed by atoms with van der Waals surface area (Å²) >= 11 is 0. The van der Waals surface area contributed by atoms with Crippen LogP contribution >= 0.6 is 0 Å². The second-order valence-corrected chi connectivity index (χ2v) is 11.4. The average molecular weight is 842 g/mol. The fraction of sp³-hybridized carbons (Fsp3) is 0.176. The molecule has 0 saturated heterocycles. The van der Waals surface area contributed by atoms with Crippen LogP contribution in [0, 0.1) is 82.3 Å². The lowest BCUT2D eigenvalue weighted by Gasteiger charge is -2.20. The Hall–Kier alpha value is -6.95. The zero-order valence-electron chi connectivity index (χ0n) is 27.4. The van der Waals surface area contributed by atoms with Gasteiger partial charge in [0.1, 0.15) is 36.6 Å². The van der Waals surface area contributed by atoms with Crippen molar-refractivity contribution in [1.82, 2.24) is 0 Å². The molecule has 24 heteroatoms. The normalized spacial score (nSPS) is 13.7. The lowest BCUT2D eigenvalue weighted by Crippen LogP contribution is -2.28. The fourth-order valence-corrected chi connectivity index (χ4v) is 6.36. The molecule has 0 heterocycles. The van der Waals surface area contributed by atoms with E-state index in [1.54, 1.807) is 0 Å². The van der Waals surface area contributed by atoms with Crippen molar-refractivity contribution in [3.63, 3.8) is 0 Å². The van der Waals surface area contributed by atoms with E-state index in [-0.39, 0.29) is 0 Å². The summed E-state index contributed by atoms with van der Waals surface area (Å²) in [6.07, 6.45) is -20.9. The smallest absolute Gasteiger partial charge is 0.405 e. The summed E-state index contributed by atoms with van der Waals surface area (Å²) in [5.74, 6) is -31.9. The molecule has 0 aliphatic heterocycles. The third-order valence-corrected chi connectivity index (χ3v) is 8.35. The van der Waals surface area contributed by atoms with Crippen molar-refractivity contribution in [2.45, 2.75) is 38.9 Å². The first kappa shape index (κ1) is 42.2. The van der Waals surface area contributed by atoms with E-state index in [0.29, 0.717) is 0 Å². The second-order valence-electron chi connectivity index (χ2n) is 11.4. The summed E-state index contributed by atoms with van der Waals surface area (Å²) < 4.78 is 255. The number of ether oxygens (including phenoxy) is 3. The predicted molar refractivity (Wildman–Crippen MR) is 155 cm³/mol. The lowest BCUT2D eigenvalue weighted by atomic mass is 9.86. The van der Waals surface area contributed by atoms with Crippen LogP contribution in [0.15, 0.2) is 22.5 Å². The Bertz CT molecular complexity index is 2660. The van der Waals surface area contributed by atoms with E-state index in [4.69, 9.17) is 13.1 Å². The van der Waals surface area contributed by atoms with Gasteiger partial charge in [-0.05, 0) is 40.8 Å². The van der Waals surface area contributed by atoms with E-state index in [0.717, 1.165) is 19.1 Å². The predicted octanol–water partition coefficient (Wildman–Crippen LogP) is 9.25. The zero-order valence-corrected chi connectivity index (χ0v) is 27.4. The minimum absolute atomic E-state index is 0.674. The molecular weight excluding hydrogens is 835 g/mol. The monoisotopic (exact) mass is 842 g/mol. The molecule has 5 rings (SSSR count). The van der Waals surface area contributed by atoms with Crippen LogP contribution in [0.25, 0.3) is 43.3 Å². The Morgan fingerprint density at radius 3 is 1.22 bits per heavy atom. The summed E-state index contributed by atoms with van der Waals surface area (Å²) in [6, 6.07) is 2.19. The molecule has 300 valence electrons. The summed E-state index contributed by atoms with van der Waals surface area (Å²) in [7, 11) is 0. The SMILES string of the molecule is [C-]#[N+]C([N+]#[C-])=C1Cc2c(-c3c(F)c(F)c(OC(F)(F)F)c(F)c3F)c3c(c(-c4c(F)c(F)c(OC(F)(F)F)c(F)c4F)c2=C1C)CC(=C(C#N)C#N)C=3OC(F)(F)F. The first-order chi connectivity index (χ1) is 26.7. The Kier molecular flexibility index (Phi) is 10.3. The molecule has 0 bridgehead atoms. The number of nitrogens with zero attached hydrogens (tertiary/aromatic N) is 4. The highest BCUT2D eigenvalue weighted by Gasteiger charge is 2.45. The largest absolute Gasteiger partial charge is 0.573 e. The minimum atomic E-state index is -6.06. The molecule has 3 aromatic rings. The van der Waals surface area contributed by atoms with Crippen LogP contribution in [0.4, 0.5) is 74.6 Å². The maximum absolute atomic E-state index is 16.0. The van der Waals surface area contributed by atoms with Crippen molar-refractivity contribution < 1.29 is 88.8 Å². The van der Waals surface area contributed by atoms with E-state index >= 15 is 35.1 Å². The van der Waals surface area contributed by atoms with Crippen molar-refractivity contribution in [2.24, 2.45) is 0 Å². The summed E-state index contributed by atoms with van der Waals surface area (Å²) in [5, 5.41) is 16.4. The second kappa shape index (κ2) is 14.2. The molecule has 0 fully saturated rings. The van der Waals surface area contributed by atoms with Crippen LogP contribution in [0.5, 0.6) is 11.5 Å². The highest BCUT2D eigenvalue weighted by atomic mass is 19.4. The fourth-order valence-electron chi connectivity index (χ4n) is 6.36. The van der Waals surface area contributed by atoms with E-state index in [9.17, 15) is 50.0 Å². The summed E-state index contributed by atoms with van der Waals surface area (Å²) in [5.41, 5.74) is -14.1. The third-order valence-electron chi connectivity index (χ3n) is 8.35. The van der Waals surface area contributed by atoms with Gasteiger partial charge in [-0.25, -0.2) is 17.6 Å². The van der Waals surface area contributed by atoms with E-state index in [1.807, 2.05) is 0 Å². The zero-order chi connectivity index (χ0) is 43.7. The summed E-state index contributed by atoms with van der Waals surface area (Å²) in [6.45, 7) is 15.5. The number of nitriles is 2. The molecule has 0 N–H and O–H groups in total. The molecule has 0 amide bonds. The lowest BCUT2D eigenvalue weighted by molar-refractivity contribution is -0.290. The Morgan fingerprint density at radius 1 is 0.534 bits per heavy atom. The van der Waals surface area contributed by atoms with Gasteiger partial charge in [0.25, 0.3) is 0 Å². The Morgan fingerprint density at radius 2 is 0.879 bits per heavy atom. The molecule has 0 atom stereocenters. The topological polar surface area (TPSA) is 84.0 Å². The molecule has 58 heavy (non-hydrogen) atoms. The third kappa shape index (κ3) is 6.91. The van der Waals surface area contributed by atoms with E-state index in [1.165, 1.54) is 0 Å². The van der Waals surface area contributed by atoms with Crippen molar-refractivity contribution in [1.29, 1.82) is 10.5 Å². The van der Waals surface area contributed by atoms with Crippen LogP contribution in [-0.2, 0) is 17.6 Å².